The lowest BCUT2D eigenvalue weighted by atomic mass is 10.0. The Balaban J connectivity index is 1.60. The number of benzene rings is 4. The molecule has 0 N–H and O–H groups in total. The molecule has 5 rings (SSSR count). The van der Waals surface area contributed by atoms with Crippen LogP contribution in [0.15, 0.2) is 97.1 Å². The fourth-order valence-corrected chi connectivity index (χ4v) is 4.11. The lowest BCUT2D eigenvalue weighted by Gasteiger charge is -2.10. The van der Waals surface area contributed by atoms with Crippen LogP contribution in [0.1, 0.15) is 22.3 Å². The SMILES string of the molecule is FC(F)(F)c1cccc2c(-c3ccc(Cc4cc[c]cc4)cc3)n(Cc3ccccc3)nc12. The van der Waals surface area contributed by atoms with E-state index in [4.69, 9.17) is 0 Å². The largest absolute Gasteiger partial charge is 0.418 e. The van der Waals surface area contributed by atoms with E-state index < -0.39 is 11.7 Å². The molecule has 1 radical (unpaired) electrons. The lowest BCUT2D eigenvalue weighted by Crippen LogP contribution is -2.06. The van der Waals surface area contributed by atoms with Crippen molar-refractivity contribution in [2.45, 2.75) is 19.1 Å². The minimum absolute atomic E-state index is 0.0273. The van der Waals surface area contributed by atoms with Gasteiger partial charge in [-0.15, -0.1) is 0 Å². The number of hydrogen-bond acceptors (Lipinski definition) is 1. The molecule has 1 heterocycles. The highest BCUT2D eigenvalue weighted by atomic mass is 19.4. The predicted molar refractivity (Wildman–Crippen MR) is 124 cm³/mol. The average Bonchev–Trinajstić information content (AvgIpc) is 3.18. The summed E-state index contributed by atoms with van der Waals surface area (Å²) in [4.78, 5) is 0. The Kier molecular flexibility index (Phi) is 5.47. The van der Waals surface area contributed by atoms with Crippen LogP contribution >= 0.6 is 0 Å². The first kappa shape index (κ1) is 21.0. The molecule has 1 aromatic heterocycles. The van der Waals surface area contributed by atoms with E-state index in [9.17, 15) is 13.2 Å². The normalized spacial score (nSPS) is 11.7. The van der Waals surface area contributed by atoms with Crippen LogP contribution in [0, 0.1) is 6.07 Å². The Morgan fingerprint density at radius 3 is 2.12 bits per heavy atom. The number of alkyl halides is 3. The molecule has 4 aromatic carbocycles. The molecule has 33 heavy (non-hydrogen) atoms. The van der Waals surface area contributed by atoms with E-state index in [0.29, 0.717) is 17.6 Å². The molecular weight excluding hydrogens is 421 g/mol. The van der Waals surface area contributed by atoms with Crippen LogP contribution in [0.3, 0.4) is 0 Å². The van der Waals surface area contributed by atoms with Crippen molar-refractivity contribution in [1.29, 1.82) is 0 Å². The van der Waals surface area contributed by atoms with Crippen molar-refractivity contribution in [3.63, 3.8) is 0 Å². The maximum absolute atomic E-state index is 13.7. The third kappa shape index (κ3) is 4.40. The van der Waals surface area contributed by atoms with Crippen molar-refractivity contribution in [3.8, 4) is 11.3 Å². The fraction of sp³-hybridized carbons (Fsp3) is 0.107. The average molecular weight is 441 g/mol. The van der Waals surface area contributed by atoms with E-state index in [2.05, 4.69) is 11.2 Å². The Morgan fingerprint density at radius 2 is 1.42 bits per heavy atom. The highest BCUT2D eigenvalue weighted by Gasteiger charge is 2.34. The molecule has 0 spiro atoms. The second-order valence-electron chi connectivity index (χ2n) is 7.97. The summed E-state index contributed by atoms with van der Waals surface area (Å²) in [5, 5.41) is 4.93. The zero-order chi connectivity index (χ0) is 22.8. The second kappa shape index (κ2) is 8.58. The number of nitrogens with zero attached hydrogens (tertiary/aromatic N) is 2. The van der Waals surface area contributed by atoms with Crippen molar-refractivity contribution in [3.05, 3.63) is 125 Å². The molecule has 0 unspecified atom stereocenters. The van der Waals surface area contributed by atoms with Crippen LogP contribution in [-0.2, 0) is 19.1 Å². The number of hydrogen-bond donors (Lipinski definition) is 0. The fourth-order valence-electron chi connectivity index (χ4n) is 4.11. The first-order valence-electron chi connectivity index (χ1n) is 10.6. The summed E-state index contributed by atoms with van der Waals surface area (Å²) in [6.45, 7) is 0.379. The van der Waals surface area contributed by atoms with Crippen molar-refractivity contribution in [2.75, 3.05) is 0 Å². The molecule has 5 aromatic rings. The molecule has 0 bridgehead atoms. The van der Waals surface area contributed by atoms with Crippen LogP contribution < -0.4 is 0 Å². The van der Waals surface area contributed by atoms with Crippen LogP contribution in [0.25, 0.3) is 22.2 Å². The minimum atomic E-state index is -4.47. The van der Waals surface area contributed by atoms with Gasteiger partial charge in [-0.1, -0.05) is 91.0 Å². The number of fused-ring (bicyclic) bond motifs is 1. The maximum atomic E-state index is 13.7. The molecule has 0 atom stereocenters. The van der Waals surface area contributed by atoms with Gasteiger partial charge in [-0.3, -0.25) is 4.68 Å². The van der Waals surface area contributed by atoms with Crippen LogP contribution in [-0.4, -0.2) is 9.78 Å². The van der Waals surface area contributed by atoms with Gasteiger partial charge in [0.2, 0.25) is 0 Å². The van der Waals surface area contributed by atoms with Gasteiger partial charge in [0.1, 0.15) is 5.52 Å². The quantitative estimate of drug-likeness (QED) is 0.283. The van der Waals surface area contributed by atoms with Gasteiger partial charge >= 0.3 is 6.18 Å². The molecule has 0 fully saturated rings. The Bertz CT molecular complexity index is 1370. The van der Waals surface area contributed by atoms with E-state index in [-0.39, 0.29) is 5.52 Å². The van der Waals surface area contributed by atoms with E-state index >= 15 is 0 Å². The van der Waals surface area contributed by atoms with E-state index in [1.807, 2.05) is 78.9 Å². The zero-order valence-electron chi connectivity index (χ0n) is 17.7. The smallest absolute Gasteiger partial charge is 0.259 e. The first-order valence-corrected chi connectivity index (χ1v) is 10.6. The highest BCUT2D eigenvalue weighted by Crippen LogP contribution is 2.38. The molecule has 0 aliphatic heterocycles. The summed E-state index contributed by atoms with van der Waals surface area (Å²) >= 11 is 0. The predicted octanol–water partition coefficient (Wildman–Crippen LogP) is 7.16. The Morgan fingerprint density at radius 1 is 0.727 bits per heavy atom. The van der Waals surface area contributed by atoms with Crippen molar-refractivity contribution in [1.82, 2.24) is 9.78 Å². The van der Waals surface area contributed by atoms with Gasteiger partial charge in [-0.25, -0.2) is 0 Å². The maximum Gasteiger partial charge on any atom is 0.418 e. The first-order chi connectivity index (χ1) is 16.0. The number of aromatic nitrogens is 2. The summed E-state index contributed by atoms with van der Waals surface area (Å²) in [5.74, 6) is 0. The van der Waals surface area contributed by atoms with E-state index in [0.717, 1.165) is 29.2 Å². The summed E-state index contributed by atoms with van der Waals surface area (Å²) in [5.41, 5.74) is 4.04. The molecule has 163 valence electrons. The molecule has 0 amide bonds. The van der Waals surface area contributed by atoms with Gasteiger partial charge in [0.15, 0.2) is 0 Å². The van der Waals surface area contributed by atoms with Crippen LogP contribution in [0.5, 0.6) is 0 Å². The molecule has 2 nitrogen and oxygen atoms in total. The molecular formula is C28H20F3N2. The van der Waals surface area contributed by atoms with E-state index in [1.165, 1.54) is 11.6 Å². The summed E-state index contributed by atoms with van der Waals surface area (Å²) in [7, 11) is 0. The zero-order valence-corrected chi connectivity index (χ0v) is 17.7. The summed E-state index contributed by atoms with van der Waals surface area (Å²) < 4.78 is 42.8. The molecule has 0 aliphatic carbocycles. The molecule has 5 heteroatoms. The highest BCUT2D eigenvalue weighted by molar-refractivity contribution is 5.95. The van der Waals surface area contributed by atoms with Crippen molar-refractivity contribution >= 4 is 10.9 Å². The second-order valence-corrected chi connectivity index (χ2v) is 7.97. The van der Waals surface area contributed by atoms with Crippen molar-refractivity contribution < 1.29 is 13.2 Å². The molecule has 0 saturated carbocycles. The third-order valence-electron chi connectivity index (χ3n) is 5.67. The topological polar surface area (TPSA) is 17.8 Å². The van der Waals surface area contributed by atoms with Gasteiger partial charge in [0.05, 0.1) is 17.8 Å². The van der Waals surface area contributed by atoms with Gasteiger partial charge in [-0.2, -0.15) is 18.3 Å². The molecule has 0 saturated heterocycles. The minimum Gasteiger partial charge on any atom is -0.259 e. The standard InChI is InChI=1S/C28H20F3N2/c29-28(30,31)25-13-7-12-24-26(25)32-33(19-22-10-5-2-6-11-22)27(24)23-16-14-21(15-17-23)18-20-8-3-1-4-9-20/h2-17H,18-19H2. The lowest BCUT2D eigenvalue weighted by molar-refractivity contribution is -0.136. The Hall–Kier alpha value is -3.86. The summed E-state index contributed by atoms with van der Waals surface area (Å²) in [6.07, 6.45) is -3.70. The van der Waals surface area contributed by atoms with Gasteiger partial charge in [-0.05, 0) is 35.2 Å². The van der Waals surface area contributed by atoms with Gasteiger partial charge in [0, 0.05) is 10.9 Å². The van der Waals surface area contributed by atoms with E-state index in [1.54, 1.807) is 10.7 Å². The monoisotopic (exact) mass is 441 g/mol. The van der Waals surface area contributed by atoms with Gasteiger partial charge < -0.3 is 0 Å². The summed E-state index contributed by atoms with van der Waals surface area (Å²) in [6, 6.07) is 32.7. The van der Waals surface area contributed by atoms with Crippen molar-refractivity contribution in [2.24, 2.45) is 0 Å². The van der Waals surface area contributed by atoms with Crippen LogP contribution in [0.2, 0.25) is 0 Å². The van der Waals surface area contributed by atoms with Crippen LogP contribution in [0.4, 0.5) is 13.2 Å². The third-order valence-corrected chi connectivity index (χ3v) is 5.67. The number of rotatable bonds is 5. The number of halogens is 3. The molecule has 0 aliphatic rings. The van der Waals surface area contributed by atoms with Gasteiger partial charge in [0.25, 0.3) is 0 Å². The Labute approximate surface area is 189 Å².